The zero-order valence-corrected chi connectivity index (χ0v) is 12.4. The monoisotopic (exact) mass is 301 g/mol. The summed E-state index contributed by atoms with van der Waals surface area (Å²) in [6, 6.07) is 0. The summed E-state index contributed by atoms with van der Waals surface area (Å²) in [4.78, 5) is 11.7. The highest BCUT2D eigenvalue weighted by atomic mass is 32.2. The summed E-state index contributed by atoms with van der Waals surface area (Å²) in [5.41, 5.74) is -1.32. The van der Waals surface area contributed by atoms with E-state index in [9.17, 15) is 18.3 Å². The largest absolute Gasteiger partial charge is 0.480 e. The molecule has 0 radical (unpaired) electrons. The van der Waals surface area contributed by atoms with Crippen LogP contribution in [0.5, 0.6) is 0 Å². The summed E-state index contributed by atoms with van der Waals surface area (Å²) >= 11 is 0. The van der Waals surface area contributed by atoms with Gasteiger partial charge in [-0.1, -0.05) is 13.3 Å². The highest BCUT2D eigenvalue weighted by molar-refractivity contribution is 7.89. The van der Waals surface area contributed by atoms with Gasteiger partial charge in [0.05, 0.1) is 6.20 Å². The minimum atomic E-state index is -3.82. The van der Waals surface area contributed by atoms with E-state index in [4.69, 9.17) is 0 Å². The number of aromatic nitrogens is 2. The molecule has 2 heterocycles. The summed E-state index contributed by atoms with van der Waals surface area (Å²) in [7, 11) is -2.20. The van der Waals surface area contributed by atoms with Crippen LogP contribution in [0.3, 0.4) is 0 Å². The number of rotatable bonds is 5. The van der Waals surface area contributed by atoms with Crippen molar-refractivity contribution in [2.45, 2.75) is 43.0 Å². The minimum Gasteiger partial charge on any atom is -0.480 e. The van der Waals surface area contributed by atoms with Crippen molar-refractivity contribution in [3.05, 3.63) is 12.4 Å². The molecule has 8 heteroatoms. The Morgan fingerprint density at radius 2 is 2.25 bits per heavy atom. The SMILES string of the molecule is CCCC1(C(=O)O)CCCN1S(=O)(=O)c1cnn(C)c1. The normalized spacial score (nSPS) is 24.1. The third kappa shape index (κ3) is 2.22. The van der Waals surface area contributed by atoms with Gasteiger partial charge in [0.2, 0.25) is 10.0 Å². The molecule has 0 spiro atoms. The van der Waals surface area contributed by atoms with E-state index in [2.05, 4.69) is 5.10 Å². The second-order valence-electron chi connectivity index (χ2n) is 5.12. The number of hydrogen-bond acceptors (Lipinski definition) is 4. The van der Waals surface area contributed by atoms with Crippen molar-refractivity contribution >= 4 is 16.0 Å². The Kier molecular flexibility index (Phi) is 3.88. The molecule has 1 saturated heterocycles. The summed E-state index contributed by atoms with van der Waals surface area (Å²) < 4.78 is 27.8. The van der Waals surface area contributed by atoms with Crippen LogP contribution in [-0.2, 0) is 21.9 Å². The first-order valence-electron chi connectivity index (χ1n) is 6.59. The van der Waals surface area contributed by atoms with Gasteiger partial charge < -0.3 is 5.11 Å². The Labute approximate surface area is 118 Å². The van der Waals surface area contributed by atoms with Crippen LogP contribution >= 0.6 is 0 Å². The predicted octanol–water partition coefficient (Wildman–Crippen LogP) is 0.828. The van der Waals surface area contributed by atoms with E-state index >= 15 is 0 Å². The van der Waals surface area contributed by atoms with Crippen LogP contribution in [0.25, 0.3) is 0 Å². The molecule has 1 N–H and O–H groups in total. The van der Waals surface area contributed by atoms with Gasteiger partial charge in [-0.3, -0.25) is 9.48 Å². The molecule has 7 nitrogen and oxygen atoms in total. The zero-order valence-electron chi connectivity index (χ0n) is 11.6. The maximum atomic E-state index is 12.7. The molecule has 1 aliphatic heterocycles. The Bertz CT molecular complexity index is 610. The lowest BCUT2D eigenvalue weighted by molar-refractivity contribution is -0.147. The smallest absolute Gasteiger partial charge is 0.325 e. The fourth-order valence-corrected chi connectivity index (χ4v) is 4.66. The Hall–Kier alpha value is -1.41. The number of carbonyl (C=O) groups is 1. The molecule has 1 atom stereocenters. The standard InChI is InChI=1S/C12H19N3O4S/c1-3-5-12(11(16)17)6-4-7-15(12)20(18,19)10-8-13-14(2)9-10/h8-9H,3-7H2,1-2H3,(H,16,17). The minimum absolute atomic E-state index is 0.0450. The molecule has 112 valence electrons. The van der Waals surface area contributed by atoms with Gasteiger partial charge in [-0.2, -0.15) is 9.40 Å². The van der Waals surface area contributed by atoms with Crippen LogP contribution in [0.15, 0.2) is 17.3 Å². The maximum Gasteiger partial charge on any atom is 0.325 e. The quantitative estimate of drug-likeness (QED) is 0.869. The molecule has 1 aromatic heterocycles. The molecule has 0 aromatic carbocycles. The van der Waals surface area contributed by atoms with Crippen LogP contribution in [0, 0.1) is 0 Å². The van der Waals surface area contributed by atoms with E-state index in [1.54, 1.807) is 7.05 Å². The molecule has 1 unspecified atom stereocenters. The highest BCUT2D eigenvalue weighted by Crippen LogP contribution is 2.38. The van der Waals surface area contributed by atoms with Crippen LogP contribution in [0.1, 0.15) is 32.6 Å². The van der Waals surface area contributed by atoms with Crippen molar-refractivity contribution in [1.82, 2.24) is 14.1 Å². The van der Waals surface area contributed by atoms with Gasteiger partial charge in [-0.25, -0.2) is 8.42 Å². The molecular formula is C12H19N3O4S. The summed E-state index contributed by atoms with van der Waals surface area (Å²) in [6.07, 6.45) is 4.51. The van der Waals surface area contributed by atoms with E-state index in [1.165, 1.54) is 17.1 Å². The Morgan fingerprint density at radius 3 is 2.75 bits per heavy atom. The van der Waals surface area contributed by atoms with Gasteiger partial charge in [0.1, 0.15) is 10.4 Å². The lowest BCUT2D eigenvalue weighted by atomic mass is 9.92. The number of aryl methyl sites for hydroxylation is 1. The van der Waals surface area contributed by atoms with Crippen LogP contribution in [-0.4, -0.2) is 45.7 Å². The average Bonchev–Trinajstić information content (AvgIpc) is 2.97. The third-order valence-corrected chi connectivity index (χ3v) is 5.68. The molecule has 2 rings (SSSR count). The van der Waals surface area contributed by atoms with E-state index in [-0.39, 0.29) is 11.4 Å². The van der Waals surface area contributed by atoms with Gasteiger partial charge in [0, 0.05) is 19.8 Å². The number of nitrogens with zero attached hydrogens (tertiary/aromatic N) is 3. The molecule has 0 amide bonds. The zero-order chi connectivity index (χ0) is 15.0. The summed E-state index contributed by atoms with van der Waals surface area (Å²) in [6.45, 7) is 2.10. The van der Waals surface area contributed by atoms with Gasteiger partial charge in [0.15, 0.2) is 0 Å². The Balaban J connectivity index is 2.46. The molecule has 0 aliphatic carbocycles. The first-order chi connectivity index (χ1) is 9.34. The van der Waals surface area contributed by atoms with Crippen LogP contribution in [0.2, 0.25) is 0 Å². The Morgan fingerprint density at radius 1 is 1.55 bits per heavy atom. The van der Waals surface area contributed by atoms with Crippen molar-refractivity contribution < 1.29 is 18.3 Å². The van der Waals surface area contributed by atoms with E-state index in [0.717, 1.165) is 4.31 Å². The second-order valence-corrected chi connectivity index (χ2v) is 6.98. The van der Waals surface area contributed by atoms with E-state index in [1.807, 2.05) is 6.92 Å². The molecule has 20 heavy (non-hydrogen) atoms. The first-order valence-corrected chi connectivity index (χ1v) is 8.03. The lowest BCUT2D eigenvalue weighted by Gasteiger charge is -2.33. The first kappa shape index (κ1) is 15.0. The highest BCUT2D eigenvalue weighted by Gasteiger charge is 2.52. The number of sulfonamides is 1. The molecule has 0 saturated carbocycles. The molecule has 1 fully saturated rings. The fraction of sp³-hybridized carbons (Fsp3) is 0.667. The van der Waals surface area contributed by atoms with E-state index < -0.39 is 21.5 Å². The van der Waals surface area contributed by atoms with Gasteiger partial charge in [0.25, 0.3) is 0 Å². The van der Waals surface area contributed by atoms with Crippen molar-refractivity contribution in [3.8, 4) is 0 Å². The van der Waals surface area contributed by atoms with Crippen molar-refractivity contribution in [3.63, 3.8) is 0 Å². The van der Waals surface area contributed by atoms with Crippen LogP contribution in [0.4, 0.5) is 0 Å². The topological polar surface area (TPSA) is 92.5 Å². The van der Waals surface area contributed by atoms with Gasteiger partial charge >= 0.3 is 5.97 Å². The predicted molar refractivity (Wildman–Crippen MR) is 71.6 cm³/mol. The second kappa shape index (κ2) is 5.17. The van der Waals surface area contributed by atoms with Crippen molar-refractivity contribution in [1.29, 1.82) is 0 Å². The third-order valence-electron chi connectivity index (χ3n) is 3.76. The summed E-state index contributed by atoms with van der Waals surface area (Å²) in [5, 5.41) is 13.4. The number of hydrogen-bond donors (Lipinski definition) is 1. The van der Waals surface area contributed by atoms with Gasteiger partial charge in [-0.05, 0) is 19.3 Å². The number of carboxylic acid groups (broad SMARTS) is 1. The van der Waals surface area contributed by atoms with E-state index in [0.29, 0.717) is 25.7 Å². The van der Waals surface area contributed by atoms with Crippen molar-refractivity contribution in [2.75, 3.05) is 6.54 Å². The molecular weight excluding hydrogens is 282 g/mol. The summed E-state index contributed by atoms with van der Waals surface area (Å²) in [5.74, 6) is -1.07. The maximum absolute atomic E-state index is 12.7. The van der Waals surface area contributed by atoms with Crippen LogP contribution < -0.4 is 0 Å². The van der Waals surface area contributed by atoms with Gasteiger partial charge in [-0.15, -0.1) is 0 Å². The van der Waals surface area contributed by atoms with Crippen molar-refractivity contribution in [2.24, 2.45) is 7.05 Å². The molecule has 0 bridgehead atoms. The average molecular weight is 301 g/mol. The number of carboxylic acids is 1. The molecule has 1 aliphatic rings. The molecule has 1 aromatic rings. The lowest BCUT2D eigenvalue weighted by Crippen LogP contribution is -2.52. The fourth-order valence-electron chi connectivity index (χ4n) is 2.85. The number of aliphatic carboxylic acids is 1.